The molecular weight excluding hydrogens is 374 g/mol. The summed E-state index contributed by atoms with van der Waals surface area (Å²) in [7, 11) is 1.61. The van der Waals surface area contributed by atoms with Crippen molar-refractivity contribution in [3.8, 4) is 11.5 Å². The predicted octanol–water partition coefficient (Wildman–Crippen LogP) is 3.53. The minimum absolute atomic E-state index is 0.177. The molecule has 1 amide bonds. The Hall–Kier alpha value is -2.51. The van der Waals surface area contributed by atoms with Crippen LogP contribution in [0.25, 0.3) is 0 Å². The molecule has 0 heterocycles. The summed E-state index contributed by atoms with van der Waals surface area (Å²) in [6.45, 7) is 0.438. The molecular formula is C18H20ClN3O3S. The Labute approximate surface area is 162 Å². The molecule has 2 aromatic rings. The molecule has 26 heavy (non-hydrogen) atoms. The van der Waals surface area contributed by atoms with Crippen molar-refractivity contribution in [1.29, 1.82) is 0 Å². The molecule has 0 atom stereocenters. The van der Waals surface area contributed by atoms with E-state index in [-0.39, 0.29) is 11.0 Å². The summed E-state index contributed by atoms with van der Waals surface area (Å²) < 4.78 is 10.6. The van der Waals surface area contributed by atoms with Gasteiger partial charge in [-0.3, -0.25) is 15.6 Å². The first-order valence-electron chi connectivity index (χ1n) is 7.95. The lowest BCUT2D eigenvalue weighted by Gasteiger charge is -2.12. The normalized spacial score (nSPS) is 9.92. The molecule has 0 aliphatic heterocycles. The molecule has 3 N–H and O–H groups in total. The summed E-state index contributed by atoms with van der Waals surface area (Å²) in [6, 6.07) is 14.3. The van der Waals surface area contributed by atoms with Gasteiger partial charge in [-0.15, -0.1) is 0 Å². The fraction of sp³-hybridized carbons (Fsp3) is 0.222. The number of amides is 1. The minimum Gasteiger partial charge on any atom is -0.497 e. The average Bonchev–Trinajstić information content (AvgIpc) is 2.66. The van der Waals surface area contributed by atoms with E-state index in [1.807, 2.05) is 24.3 Å². The number of hydrazine groups is 1. The van der Waals surface area contributed by atoms with Crippen molar-refractivity contribution in [2.75, 3.05) is 19.0 Å². The topological polar surface area (TPSA) is 71.6 Å². The van der Waals surface area contributed by atoms with E-state index in [9.17, 15) is 4.79 Å². The third-order valence-electron chi connectivity index (χ3n) is 3.29. The van der Waals surface area contributed by atoms with Crippen LogP contribution in [-0.2, 0) is 4.79 Å². The zero-order chi connectivity index (χ0) is 18.8. The number of hydrogen-bond acceptors (Lipinski definition) is 4. The number of methoxy groups -OCH3 is 1. The monoisotopic (exact) mass is 393 g/mol. The number of hydrogen-bond donors (Lipinski definition) is 3. The van der Waals surface area contributed by atoms with Crippen LogP contribution >= 0.6 is 23.8 Å². The molecule has 0 aliphatic carbocycles. The molecule has 0 aliphatic rings. The molecule has 6 nitrogen and oxygen atoms in total. The summed E-state index contributed by atoms with van der Waals surface area (Å²) in [4.78, 5) is 11.8. The van der Waals surface area contributed by atoms with E-state index in [1.165, 1.54) is 0 Å². The van der Waals surface area contributed by atoms with E-state index in [1.54, 1.807) is 31.4 Å². The van der Waals surface area contributed by atoms with Crippen LogP contribution < -0.4 is 25.6 Å². The van der Waals surface area contributed by atoms with Crippen LogP contribution in [-0.4, -0.2) is 24.7 Å². The number of thiocarbonyl (C=S) groups is 1. The lowest BCUT2D eigenvalue weighted by molar-refractivity contribution is -0.121. The second-order valence-corrected chi connectivity index (χ2v) is 6.11. The lowest BCUT2D eigenvalue weighted by atomic mass is 10.3. The van der Waals surface area contributed by atoms with Gasteiger partial charge in [-0.05, 0) is 67.2 Å². The van der Waals surface area contributed by atoms with Crippen LogP contribution in [0.4, 0.5) is 5.69 Å². The molecule has 0 saturated heterocycles. The molecule has 0 aromatic heterocycles. The fourth-order valence-electron chi connectivity index (χ4n) is 1.98. The van der Waals surface area contributed by atoms with Gasteiger partial charge in [-0.25, -0.2) is 0 Å². The third-order valence-corrected chi connectivity index (χ3v) is 3.75. The first kappa shape index (κ1) is 19.8. The van der Waals surface area contributed by atoms with Gasteiger partial charge in [-0.2, -0.15) is 0 Å². The van der Waals surface area contributed by atoms with Crippen molar-refractivity contribution in [2.45, 2.75) is 12.8 Å². The Balaban J connectivity index is 1.59. The highest BCUT2D eigenvalue weighted by Crippen LogP contribution is 2.17. The number of carbonyl (C=O) groups is 1. The number of carbonyl (C=O) groups excluding carboxylic acids is 1. The van der Waals surface area contributed by atoms with E-state index in [4.69, 9.17) is 33.3 Å². The third kappa shape index (κ3) is 7.16. The quantitative estimate of drug-likeness (QED) is 0.380. The van der Waals surface area contributed by atoms with E-state index >= 15 is 0 Å². The number of anilines is 1. The molecule has 0 bridgehead atoms. The van der Waals surface area contributed by atoms with Crippen LogP contribution in [0.3, 0.4) is 0 Å². The maximum atomic E-state index is 11.8. The van der Waals surface area contributed by atoms with Crippen LogP contribution in [0, 0.1) is 0 Å². The Morgan fingerprint density at radius 2 is 1.69 bits per heavy atom. The van der Waals surface area contributed by atoms with Crippen LogP contribution in [0.5, 0.6) is 11.5 Å². The van der Waals surface area contributed by atoms with Gasteiger partial charge in [-0.1, -0.05) is 11.6 Å². The highest BCUT2D eigenvalue weighted by molar-refractivity contribution is 7.80. The van der Waals surface area contributed by atoms with Gasteiger partial charge in [0.05, 0.1) is 13.7 Å². The second-order valence-electron chi connectivity index (χ2n) is 5.26. The first-order valence-corrected chi connectivity index (χ1v) is 8.73. The molecule has 0 radical (unpaired) electrons. The summed E-state index contributed by atoms with van der Waals surface area (Å²) >= 11 is 10.9. The molecule has 0 unspecified atom stereocenters. The summed E-state index contributed by atoms with van der Waals surface area (Å²) in [5.74, 6) is 1.33. The predicted molar refractivity (Wildman–Crippen MR) is 107 cm³/mol. The average molecular weight is 394 g/mol. The highest BCUT2D eigenvalue weighted by Gasteiger charge is 2.03. The maximum Gasteiger partial charge on any atom is 0.238 e. The van der Waals surface area contributed by atoms with Gasteiger partial charge in [0.2, 0.25) is 5.91 Å². The van der Waals surface area contributed by atoms with E-state index in [0.29, 0.717) is 24.5 Å². The molecule has 2 rings (SSSR count). The molecule has 0 saturated carbocycles. The zero-order valence-corrected chi connectivity index (χ0v) is 15.8. The van der Waals surface area contributed by atoms with E-state index < -0.39 is 0 Å². The standard InChI is InChI=1S/C18H20ClN3O3S/c1-24-15-8-10-16(11-9-15)25-12-2-3-17(23)21-22-18(26)20-14-6-4-13(19)5-7-14/h4-11H,2-3,12H2,1H3,(H,21,23)(H2,20,22,26). The van der Waals surface area contributed by atoms with Crippen molar-refractivity contribution in [3.63, 3.8) is 0 Å². The number of benzene rings is 2. The summed E-state index contributed by atoms with van der Waals surface area (Å²) in [5.41, 5.74) is 5.96. The lowest BCUT2D eigenvalue weighted by Crippen LogP contribution is -2.43. The Morgan fingerprint density at radius 3 is 2.35 bits per heavy atom. The van der Waals surface area contributed by atoms with Crippen molar-refractivity contribution in [1.82, 2.24) is 10.9 Å². The van der Waals surface area contributed by atoms with Gasteiger partial charge in [0.1, 0.15) is 11.5 Å². The molecule has 138 valence electrons. The summed E-state index contributed by atoms with van der Waals surface area (Å²) in [5, 5.41) is 3.86. The minimum atomic E-state index is -0.177. The van der Waals surface area contributed by atoms with Gasteiger partial charge < -0.3 is 14.8 Å². The van der Waals surface area contributed by atoms with Gasteiger partial charge >= 0.3 is 0 Å². The maximum absolute atomic E-state index is 11.8. The van der Waals surface area contributed by atoms with Crippen molar-refractivity contribution in [3.05, 3.63) is 53.6 Å². The second kappa shape index (κ2) is 10.5. The van der Waals surface area contributed by atoms with Crippen LogP contribution in [0.1, 0.15) is 12.8 Å². The Kier molecular flexibility index (Phi) is 7.98. The number of ether oxygens (including phenoxy) is 2. The van der Waals surface area contributed by atoms with Crippen molar-refractivity contribution < 1.29 is 14.3 Å². The van der Waals surface area contributed by atoms with Gasteiger partial charge in [0.25, 0.3) is 0 Å². The number of nitrogens with one attached hydrogen (secondary N) is 3. The van der Waals surface area contributed by atoms with Crippen molar-refractivity contribution >= 4 is 40.5 Å². The zero-order valence-electron chi connectivity index (χ0n) is 14.3. The van der Waals surface area contributed by atoms with Crippen LogP contribution in [0.15, 0.2) is 48.5 Å². The molecule has 2 aromatic carbocycles. The molecule has 0 spiro atoms. The first-order chi connectivity index (χ1) is 12.6. The van der Waals surface area contributed by atoms with E-state index in [2.05, 4.69) is 16.2 Å². The Bertz CT molecular complexity index is 723. The van der Waals surface area contributed by atoms with Crippen molar-refractivity contribution in [2.24, 2.45) is 0 Å². The van der Waals surface area contributed by atoms with Gasteiger partial charge in [0, 0.05) is 17.1 Å². The van der Waals surface area contributed by atoms with Crippen LogP contribution in [0.2, 0.25) is 5.02 Å². The van der Waals surface area contributed by atoms with E-state index in [0.717, 1.165) is 17.2 Å². The largest absolute Gasteiger partial charge is 0.497 e. The highest BCUT2D eigenvalue weighted by atomic mass is 35.5. The SMILES string of the molecule is COc1ccc(OCCCC(=O)NNC(=S)Nc2ccc(Cl)cc2)cc1. The van der Waals surface area contributed by atoms with Gasteiger partial charge in [0.15, 0.2) is 5.11 Å². The smallest absolute Gasteiger partial charge is 0.238 e. The summed E-state index contributed by atoms with van der Waals surface area (Å²) in [6.07, 6.45) is 0.892. The molecule has 0 fully saturated rings. The molecule has 8 heteroatoms. The number of rotatable bonds is 7. The number of halogens is 1. The Morgan fingerprint density at radius 1 is 1.04 bits per heavy atom. The fourth-order valence-corrected chi connectivity index (χ4v) is 2.27.